The molecule has 2 aliphatic rings. The van der Waals surface area contributed by atoms with Gasteiger partial charge in [-0.05, 0) is 66.2 Å². The maximum Gasteiger partial charge on any atom is 0.410 e. The minimum absolute atomic E-state index is 0.0729. The van der Waals surface area contributed by atoms with Crippen molar-refractivity contribution in [2.75, 3.05) is 6.54 Å². The van der Waals surface area contributed by atoms with Crippen molar-refractivity contribution in [2.45, 2.75) is 83.5 Å². The zero-order valence-electron chi connectivity index (χ0n) is 16.4. The number of hydrogen-bond donors (Lipinski definition) is 1. The Hall–Kier alpha value is -1.83. The molecule has 1 spiro atoms. The van der Waals surface area contributed by atoms with Crippen LogP contribution in [0.1, 0.15) is 74.0 Å². The van der Waals surface area contributed by atoms with Gasteiger partial charge in [-0.15, -0.1) is 11.3 Å². The minimum Gasteiger partial charge on any atom is -0.477 e. The van der Waals surface area contributed by atoms with Crippen LogP contribution in [0.25, 0.3) is 0 Å². The fourth-order valence-electron chi connectivity index (χ4n) is 4.09. The lowest BCUT2D eigenvalue weighted by atomic mass is 9.78. The summed E-state index contributed by atoms with van der Waals surface area (Å²) in [5.74, 6) is -0.781. The Bertz CT molecular complexity index is 716. The monoisotopic (exact) mass is 396 g/mol. The Morgan fingerprint density at radius 1 is 1.26 bits per heavy atom. The maximum absolute atomic E-state index is 12.6. The van der Waals surface area contributed by atoms with Gasteiger partial charge in [0.15, 0.2) is 4.88 Å². The average Bonchev–Trinajstić information content (AvgIpc) is 3.12. The Labute approximate surface area is 163 Å². The van der Waals surface area contributed by atoms with E-state index in [1.165, 1.54) is 0 Å². The summed E-state index contributed by atoms with van der Waals surface area (Å²) in [7, 11) is 0. The third-order valence-corrected chi connectivity index (χ3v) is 6.19. The molecule has 2 heterocycles. The largest absolute Gasteiger partial charge is 0.477 e. The van der Waals surface area contributed by atoms with E-state index in [-0.39, 0.29) is 28.5 Å². The van der Waals surface area contributed by atoms with Gasteiger partial charge in [-0.2, -0.15) is 0 Å². The first-order chi connectivity index (χ1) is 12.6. The van der Waals surface area contributed by atoms with Crippen molar-refractivity contribution >= 4 is 23.4 Å². The molecule has 1 N–H and O–H groups in total. The highest BCUT2D eigenvalue weighted by Gasteiger charge is 2.47. The molecule has 8 heteroatoms. The van der Waals surface area contributed by atoms with E-state index in [2.05, 4.69) is 4.98 Å². The molecule has 1 saturated heterocycles. The van der Waals surface area contributed by atoms with Crippen LogP contribution in [0.4, 0.5) is 4.79 Å². The summed E-state index contributed by atoms with van der Waals surface area (Å²) in [4.78, 5) is 30.3. The van der Waals surface area contributed by atoms with Crippen LogP contribution < -0.4 is 4.74 Å². The molecule has 7 nitrogen and oxygen atoms in total. The number of rotatable bonds is 3. The summed E-state index contributed by atoms with van der Waals surface area (Å²) < 4.78 is 11.5. The number of hydrogen-bond acceptors (Lipinski definition) is 6. The molecule has 0 bridgehead atoms. The lowest BCUT2D eigenvalue weighted by Crippen LogP contribution is -2.52. The molecule has 1 amide bonds. The number of aromatic nitrogens is 1. The third kappa shape index (κ3) is 4.36. The van der Waals surface area contributed by atoms with E-state index in [1.54, 1.807) is 6.92 Å². The molecule has 0 radical (unpaired) electrons. The van der Waals surface area contributed by atoms with Gasteiger partial charge in [0, 0.05) is 12.1 Å². The molecule has 1 aliphatic heterocycles. The number of ether oxygens (including phenoxy) is 2. The number of carbonyl (C=O) groups is 2. The van der Waals surface area contributed by atoms with Crippen LogP contribution in [0, 0.1) is 6.92 Å². The van der Waals surface area contributed by atoms with E-state index < -0.39 is 11.6 Å². The first-order valence-electron chi connectivity index (χ1n) is 9.48. The molecule has 1 saturated carbocycles. The summed E-state index contributed by atoms with van der Waals surface area (Å²) in [6, 6.07) is 0. The fourth-order valence-corrected chi connectivity index (χ4v) is 4.78. The van der Waals surface area contributed by atoms with Gasteiger partial charge < -0.3 is 19.5 Å². The fraction of sp³-hybridized carbons (Fsp3) is 0.737. The van der Waals surface area contributed by atoms with Crippen molar-refractivity contribution in [1.82, 2.24) is 9.88 Å². The average molecular weight is 397 g/mol. The van der Waals surface area contributed by atoms with Gasteiger partial charge in [0.25, 0.3) is 0 Å². The number of carbonyl (C=O) groups excluding carboxylic acids is 1. The van der Waals surface area contributed by atoms with Crippen LogP contribution in [-0.4, -0.2) is 50.8 Å². The van der Waals surface area contributed by atoms with E-state index >= 15 is 0 Å². The normalized spacial score (nSPS) is 25.6. The molecule has 0 atom stereocenters. The maximum atomic E-state index is 12.6. The van der Waals surface area contributed by atoms with E-state index in [9.17, 15) is 14.7 Å². The highest BCUT2D eigenvalue weighted by atomic mass is 32.1. The number of amides is 1. The van der Waals surface area contributed by atoms with Gasteiger partial charge in [0.05, 0.1) is 5.01 Å². The second-order valence-corrected chi connectivity index (χ2v) is 9.65. The van der Waals surface area contributed by atoms with Gasteiger partial charge in [-0.1, -0.05) is 0 Å². The van der Waals surface area contributed by atoms with Crippen molar-refractivity contribution in [3.05, 3.63) is 9.88 Å². The predicted molar refractivity (Wildman–Crippen MR) is 102 cm³/mol. The van der Waals surface area contributed by atoms with Crippen molar-refractivity contribution in [3.8, 4) is 5.88 Å². The van der Waals surface area contributed by atoms with Crippen LogP contribution >= 0.6 is 11.3 Å². The standard InChI is InChI=1S/C19H28N2O5S/c1-12-20-15(14(27-12)16(22)23)25-13-6-9-19(10-7-13)8-5-11-21(19)17(24)26-18(2,3)4/h13H,5-11H2,1-4H3,(H,22,23). The number of carboxylic acid groups (broad SMARTS) is 1. The second-order valence-electron chi connectivity index (χ2n) is 8.45. The summed E-state index contributed by atoms with van der Waals surface area (Å²) in [6.07, 6.45) is 4.88. The van der Waals surface area contributed by atoms with Crippen molar-refractivity contribution in [3.63, 3.8) is 0 Å². The topological polar surface area (TPSA) is 89.0 Å². The lowest BCUT2D eigenvalue weighted by Gasteiger charge is -2.43. The summed E-state index contributed by atoms with van der Waals surface area (Å²) in [5, 5.41) is 9.98. The zero-order chi connectivity index (χ0) is 19.8. The van der Waals surface area contributed by atoms with E-state index in [0.717, 1.165) is 56.4 Å². The summed E-state index contributed by atoms with van der Waals surface area (Å²) in [6.45, 7) is 8.16. The highest BCUT2D eigenvalue weighted by Crippen LogP contribution is 2.43. The van der Waals surface area contributed by atoms with E-state index in [0.29, 0.717) is 5.01 Å². The quantitative estimate of drug-likeness (QED) is 0.822. The minimum atomic E-state index is -1.00. The van der Waals surface area contributed by atoms with Crippen molar-refractivity contribution < 1.29 is 24.2 Å². The molecule has 3 rings (SSSR count). The number of carboxylic acids is 1. The number of aromatic carboxylic acids is 1. The van der Waals surface area contributed by atoms with Crippen LogP contribution in [-0.2, 0) is 4.74 Å². The van der Waals surface area contributed by atoms with Crippen LogP contribution in [0.2, 0.25) is 0 Å². The number of aryl methyl sites for hydroxylation is 1. The Morgan fingerprint density at radius 3 is 2.52 bits per heavy atom. The Morgan fingerprint density at radius 2 is 1.93 bits per heavy atom. The number of likely N-dealkylation sites (tertiary alicyclic amines) is 1. The van der Waals surface area contributed by atoms with Gasteiger partial charge >= 0.3 is 12.1 Å². The van der Waals surface area contributed by atoms with E-state index in [1.807, 2.05) is 25.7 Å². The predicted octanol–water partition coefficient (Wildman–Crippen LogP) is 4.24. The van der Waals surface area contributed by atoms with Crippen LogP contribution in [0.5, 0.6) is 5.88 Å². The smallest absolute Gasteiger partial charge is 0.410 e. The first-order valence-corrected chi connectivity index (χ1v) is 10.3. The van der Waals surface area contributed by atoms with Gasteiger partial charge in [0.2, 0.25) is 5.88 Å². The molecule has 2 fully saturated rings. The molecule has 1 aliphatic carbocycles. The van der Waals surface area contributed by atoms with Gasteiger partial charge in [-0.3, -0.25) is 0 Å². The zero-order valence-corrected chi connectivity index (χ0v) is 17.2. The third-order valence-electron chi connectivity index (χ3n) is 5.25. The molecular formula is C19H28N2O5S. The van der Waals surface area contributed by atoms with Crippen molar-refractivity contribution in [2.24, 2.45) is 0 Å². The summed E-state index contributed by atoms with van der Waals surface area (Å²) >= 11 is 1.13. The van der Waals surface area contributed by atoms with E-state index in [4.69, 9.17) is 9.47 Å². The second kappa shape index (κ2) is 7.30. The molecule has 150 valence electrons. The summed E-state index contributed by atoms with van der Waals surface area (Å²) in [5.41, 5.74) is -0.660. The molecule has 0 unspecified atom stereocenters. The van der Waals surface area contributed by atoms with Crippen molar-refractivity contribution in [1.29, 1.82) is 0 Å². The molecular weight excluding hydrogens is 368 g/mol. The molecule has 1 aromatic heterocycles. The van der Waals surface area contributed by atoms with Gasteiger partial charge in [-0.25, -0.2) is 14.6 Å². The number of thiazole rings is 1. The lowest BCUT2D eigenvalue weighted by molar-refractivity contribution is -0.00933. The van der Waals surface area contributed by atoms with Crippen LogP contribution in [0.3, 0.4) is 0 Å². The molecule has 1 aromatic rings. The van der Waals surface area contributed by atoms with Crippen LogP contribution in [0.15, 0.2) is 0 Å². The molecule has 0 aromatic carbocycles. The van der Waals surface area contributed by atoms with Gasteiger partial charge in [0.1, 0.15) is 11.7 Å². The first kappa shape index (κ1) is 19.9. The highest BCUT2D eigenvalue weighted by molar-refractivity contribution is 7.13. The number of nitrogens with zero attached hydrogens (tertiary/aromatic N) is 2. The Kier molecular flexibility index (Phi) is 5.38. The SMILES string of the molecule is Cc1nc(OC2CCC3(CCCN3C(=O)OC(C)(C)C)CC2)c(C(=O)O)s1. The Balaban J connectivity index is 1.64. The molecule has 27 heavy (non-hydrogen) atoms.